The van der Waals surface area contributed by atoms with E-state index in [0.29, 0.717) is 5.41 Å². The molecular weight excluding hydrogens is 250 g/mol. The molecule has 0 aromatic rings. The standard InChI is InChI=1S/C17H35NS/c1-16(2,3)18-13-15-9-10-17(4,5)12-14(15)8-7-11-19-6/h14-15,18H,7-13H2,1-6H3. The molecule has 2 unspecified atom stereocenters. The summed E-state index contributed by atoms with van der Waals surface area (Å²) >= 11 is 1.99. The third kappa shape index (κ3) is 7.04. The van der Waals surface area contributed by atoms with Crippen molar-refractivity contribution in [3.05, 3.63) is 0 Å². The first-order valence-electron chi connectivity index (χ1n) is 7.97. The van der Waals surface area contributed by atoms with Crippen LogP contribution in [0.4, 0.5) is 0 Å². The summed E-state index contributed by atoms with van der Waals surface area (Å²) in [5.41, 5.74) is 0.832. The first-order valence-corrected chi connectivity index (χ1v) is 9.37. The van der Waals surface area contributed by atoms with Crippen molar-refractivity contribution in [3.8, 4) is 0 Å². The van der Waals surface area contributed by atoms with Crippen LogP contribution in [0.1, 0.15) is 66.7 Å². The van der Waals surface area contributed by atoms with Crippen LogP contribution < -0.4 is 5.32 Å². The van der Waals surface area contributed by atoms with Gasteiger partial charge in [-0.2, -0.15) is 11.8 Å². The van der Waals surface area contributed by atoms with Crippen LogP contribution in [0.25, 0.3) is 0 Å². The van der Waals surface area contributed by atoms with Gasteiger partial charge in [-0.1, -0.05) is 13.8 Å². The molecule has 0 heterocycles. The molecule has 2 atom stereocenters. The molecule has 1 aliphatic carbocycles. The summed E-state index contributed by atoms with van der Waals surface area (Å²) in [7, 11) is 0. The Morgan fingerprint density at radius 3 is 2.47 bits per heavy atom. The van der Waals surface area contributed by atoms with E-state index < -0.39 is 0 Å². The Morgan fingerprint density at radius 1 is 1.21 bits per heavy atom. The van der Waals surface area contributed by atoms with Crippen molar-refractivity contribution < 1.29 is 0 Å². The van der Waals surface area contributed by atoms with Crippen molar-refractivity contribution in [3.63, 3.8) is 0 Å². The highest BCUT2D eigenvalue weighted by Gasteiger charge is 2.34. The zero-order valence-corrected chi connectivity index (χ0v) is 14.8. The van der Waals surface area contributed by atoms with E-state index in [1.54, 1.807) is 0 Å². The predicted octanol–water partition coefficient (Wildman–Crippen LogP) is 4.96. The lowest BCUT2D eigenvalue weighted by Gasteiger charge is -2.42. The second-order valence-electron chi connectivity index (χ2n) is 8.19. The molecule has 0 aromatic carbocycles. The Morgan fingerprint density at radius 2 is 1.89 bits per heavy atom. The topological polar surface area (TPSA) is 12.0 Å². The van der Waals surface area contributed by atoms with E-state index in [0.717, 1.165) is 11.8 Å². The molecule has 0 saturated heterocycles. The van der Waals surface area contributed by atoms with Gasteiger partial charge in [0.25, 0.3) is 0 Å². The van der Waals surface area contributed by atoms with Crippen LogP contribution in [0.2, 0.25) is 0 Å². The van der Waals surface area contributed by atoms with Gasteiger partial charge in [-0.3, -0.25) is 0 Å². The maximum Gasteiger partial charge on any atom is 0.00966 e. The summed E-state index contributed by atoms with van der Waals surface area (Å²) in [5, 5.41) is 3.73. The minimum Gasteiger partial charge on any atom is -0.312 e. The summed E-state index contributed by atoms with van der Waals surface area (Å²) in [6.45, 7) is 13.0. The van der Waals surface area contributed by atoms with Crippen molar-refractivity contribution in [2.45, 2.75) is 72.3 Å². The molecule has 0 amide bonds. The minimum absolute atomic E-state index is 0.261. The molecule has 1 aliphatic rings. The van der Waals surface area contributed by atoms with Crippen LogP contribution in [-0.4, -0.2) is 24.1 Å². The fraction of sp³-hybridized carbons (Fsp3) is 1.00. The quantitative estimate of drug-likeness (QED) is 0.692. The van der Waals surface area contributed by atoms with Gasteiger partial charge in [-0.15, -0.1) is 0 Å². The van der Waals surface area contributed by atoms with Gasteiger partial charge < -0.3 is 5.32 Å². The smallest absolute Gasteiger partial charge is 0.00966 e. The Labute approximate surface area is 125 Å². The van der Waals surface area contributed by atoms with E-state index in [1.165, 1.54) is 44.4 Å². The van der Waals surface area contributed by atoms with E-state index in [1.807, 2.05) is 11.8 Å². The normalized spacial score (nSPS) is 27.5. The van der Waals surface area contributed by atoms with Crippen LogP contribution in [0, 0.1) is 17.3 Å². The zero-order valence-electron chi connectivity index (χ0n) is 14.0. The van der Waals surface area contributed by atoms with E-state index in [-0.39, 0.29) is 5.54 Å². The summed E-state index contributed by atoms with van der Waals surface area (Å²) in [5.74, 6) is 3.16. The first kappa shape index (κ1) is 17.4. The maximum absolute atomic E-state index is 3.73. The molecule has 0 aromatic heterocycles. The Balaban J connectivity index is 2.50. The fourth-order valence-electron chi connectivity index (χ4n) is 3.32. The number of hydrogen-bond acceptors (Lipinski definition) is 2. The van der Waals surface area contributed by atoms with Crippen LogP contribution in [0.15, 0.2) is 0 Å². The largest absolute Gasteiger partial charge is 0.312 e. The summed E-state index contributed by atoms with van der Waals surface area (Å²) in [6.07, 6.45) is 9.30. The van der Waals surface area contributed by atoms with Gasteiger partial charge >= 0.3 is 0 Å². The maximum atomic E-state index is 3.73. The SMILES string of the molecule is CSCCCC1CC(C)(C)CCC1CNC(C)(C)C. The van der Waals surface area contributed by atoms with Gasteiger partial charge in [-0.25, -0.2) is 0 Å². The predicted molar refractivity (Wildman–Crippen MR) is 90.0 cm³/mol. The summed E-state index contributed by atoms with van der Waals surface area (Å²) in [4.78, 5) is 0. The van der Waals surface area contributed by atoms with Crippen molar-refractivity contribution in [1.82, 2.24) is 5.32 Å². The summed E-state index contributed by atoms with van der Waals surface area (Å²) in [6, 6.07) is 0. The second kappa shape index (κ2) is 7.36. The van der Waals surface area contributed by atoms with E-state index in [4.69, 9.17) is 0 Å². The molecule has 114 valence electrons. The van der Waals surface area contributed by atoms with Crippen LogP contribution >= 0.6 is 11.8 Å². The minimum atomic E-state index is 0.261. The lowest BCUT2D eigenvalue weighted by molar-refractivity contribution is 0.105. The lowest BCUT2D eigenvalue weighted by Crippen LogP contribution is -2.43. The van der Waals surface area contributed by atoms with Gasteiger partial charge in [0, 0.05) is 5.54 Å². The number of thioether (sulfide) groups is 1. The highest BCUT2D eigenvalue weighted by atomic mass is 32.2. The zero-order chi connectivity index (χ0) is 14.5. The van der Waals surface area contributed by atoms with E-state index in [9.17, 15) is 0 Å². The molecular formula is C17H35NS. The highest BCUT2D eigenvalue weighted by molar-refractivity contribution is 7.98. The van der Waals surface area contributed by atoms with Crippen molar-refractivity contribution in [2.24, 2.45) is 17.3 Å². The van der Waals surface area contributed by atoms with Gasteiger partial charge in [-0.05, 0) is 88.7 Å². The molecule has 1 N–H and O–H groups in total. The van der Waals surface area contributed by atoms with E-state index in [2.05, 4.69) is 46.2 Å². The molecule has 1 fully saturated rings. The number of hydrogen-bond donors (Lipinski definition) is 1. The molecule has 0 bridgehead atoms. The monoisotopic (exact) mass is 285 g/mol. The lowest BCUT2D eigenvalue weighted by atomic mass is 9.66. The van der Waals surface area contributed by atoms with Crippen LogP contribution in [0.3, 0.4) is 0 Å². The molecule has 1 rings (SSSR count). The molecule has 1 nitrogen and oxygen atoms in total. The second-order valence-corrected chi connectivity index (χ2v) is 9.18. The Hall–Kier alpha value is 0.310. The average Bonchev–Trinajstić information content (AvgIpc) is 2.26. The fourth-order valence-corrected chi connectivity index (χ4v) is 3.78. The van der Waals surface area contributed by atoms with E-state index >= 15 is 0 Å². The third-order valence-electron chi connectivity index (χ3n) is 4.49. The number of nitrogens with one attached hydrogen (secondary N) is 1. The van der Waals surface area contributed by atoms with Gasteiger partial charge in [0.1, 0.15) is 0 Å². The Kier molecular flexibility index (Phi) is 6.72. The molecule has 19 heavy (non-hydrogen) atoms. The summed E-state index contributed by atoms with van der Waals surface area (Å²) < 4.78 is 0. The van der Waals surface area contributed by atoms with Gasteiger partial charge in [0.15, 0.2) is 0 Å². The highest BCUT2D eigenvalue weighted by Crippen LogP contribution is 2.43. The van der Waals surface area contributed by atoms with Crippen molar-refractivity contribution >= 4 is 11.8 Å². The van der Waals surface area contributed by atoms with Crippen LogP contribution in [0.5, 0.6) is 0 Å². The third-order valence-corrected chi connectivity index (χ3v) is 5.19. The molecule has 1 saturated carbocycles. The molecule has 0 aliphatic heterocycles. The average molecular weight is 286 g/mol. The Bertz CT molecular complexity index is 254. The van der Waals surface area contributed by atoms with Crippen molar-refractivity contribution in [1.29, 1.82) is 0 Å². The number of rotatable bonds is 6. The van der Waals surface area contributed by atoms with Gasteiger partial charge in [0.05, 0.1) is 0 Å². The van der Waals surface area contributed by atoms with Gasteiger partial charge in [0.2, 0.25) is 0 Å². The van der Waals surface area contributed by atoms with Crippen LogP contribution in [-0.2, 0) is 0 Å². The molecule has 2 heteroatoms. The molecule has 0 spiro atoms. The first-order chi connectivity index (χ1) is 8.73. The molecule has 0 radical (unpaired) electrons. The van der Waals surface area contributed by atoms with Crippen molar-refractivity contribution in [2.75, 3.05) is 18.6 Å².